The molecule has 6 heteroatoms. The summed E-state index contributed by atoms with van der Waals surface area (Å²) in [6.45, 7) is 11.7. The third-order valence-corrected chi connectivity index (χ3v) is 9.19. The number of allylic oxidation sites excluding steroid dienone is 5. The number of rotatable bonds is 10. The Morgan fingerprint density at radius 3 is 2.04 bits per heavy atom. The van der Waals surface area contributed by atoms with Gasteiger partial charge in [-0.25, -0.2) is 4.58 Å². The number of hydrogen-bond acceptors (Lipinski definition) is 3. The highest BCUT2D eigenvalue weighted by molar-refractivity contribution is 7.86. The highest BCUT2D eigenvalue weighted by Gasteiger charge is 2.24. The molecule has 0 bridgehead atoms. The number of anilines is 1. The van der Waals surface area contributed by atoms with Crippen LogP contribution in [0.3, 0.4) is 0 Å². The molecule has 4 aromatic carbocycles. The molecule has 5 nitrogen and oxygen atoms in total. The quantitative estimate of drug-likeness (QED) is 0.144. The molecule has 0 aromatic heterocycles. The Morgan fingerprint density at radius 1 is 0.800 bits per heavy atom. The fraction of sp³-hybridized carbons (Fsp3) is 0.205. The molecule has 0 atom stereocenters. The zero-order valence-corrected chi connectivity index (χ0v) is 27.3. The second-order valence-electron chi connectivity index (χ2n) is 11.3. The molecule has 0 amide bonds. The SMILES string of the molecule is CCN(Cc1ccccc1)c1ccc(C(=C2C=CC(=[N+](CC)Cc3ccccc3)C(C)=C2)c2ccccc2S(=O)(=O)O)cc1C. The molecule has 0 fully saturated rings. The van der Waals surface area contributed by atoms with Crippen molar-refractivity contribution >= 4 is 27.1 Å². The molecule has 0 spiro atoms. The monoisotopic (exact) mass is 617 g/mol. The highest BCUT2D eigenvalue weighted by atomic mass is 32.2. The van der Waals surface area contributed by atoms with Crippen LogP contribution in [0.15, 0.2) is 137 Å². The Labute approximate surface area is 267 Å². The first-order chi connectivity index (χ1) is 21.7. The van der Waals surface area contributed by atoms with E-state index in [2.05, 4.69) is 122 Å². The van der Waals surface area contributed by atoms with Crippen LogP contribution in [0.4, 0.5) is 5.69 Å². The maximum Gasteiger partial charge on any atom is 0.295 e. The van der Waals surface area contributed by atoms with E-state index in [4.69, 9.17) is 0 Å². The fourth-order valence-corrected chi connectivity index (χ4v) is 6.75. The van der Waals surface area contributed by atoms with Gasteiger partial charge in [0.15, 0.2) is 6.54 Å². The molecule has 0 aliphatic heterocycles. The van der Waals surface area contributed by atoms with Gasteiger partial charge in [-0.05, 0) is 85.9 Å². The van der Waals surface area contributed by atoms with Crippen LogP contribution >= 0.6 is 0 Å². The third kappa shape index (κ3) is 7.42. The minimum Gasteiger partial charge on any atom is -0.367 e. The van der Waals surface area contributed by atoms with Crippen LogP contribution < -0.4 is 4.90 Å². The van der Waals surface area contributed by atoms with Crippen molar-refractivity contribution < 1.29 is 17.5 Å². The number of aryl methyl sites for hydroxylation is 1. The summed E-state index contributed by atoms with van der Waals surface area (Å²) < 4.78 is 37.8. The molecule has 1 aliphatic carbocycles. The predicted molar refractivity (Wildman–Crippen MR) is 185 cm³/mol. The molecule has 5 rings (SSSR count). The van der Waals surface area contributed by atoms with Crippen molar-refractivity contribution in [2.45, 2.75) is 45.7 Å². The minimum absolute atomic E-state index is 0.109. The summed E-state index contributed by atoms with van der Waals surface area (Å²) in [6, 6.07) is 33.8. The zero-order valence-electron chi connectivity index (χ0n) is 26.4. The lowest BCUT2D eigenvalue weighted by Gasteiger charge is -2.26. The Bertz CT molecular complexity index is 1900. The molecule has 0 radical (unpaired) electrons. The summed E-state index contributed by atoms with van der Waals surface area (Å²) >= 11 is 0. The normalized spacial score (nSPS) is 15.4. The number of benzene rings is 4. The number of hydrogen-bond donors (Lipinski definition) is 1. The largest absolute Gasteiger partial charge is 0.367 e. The van der Waals surface area contributed by atoms with Crippen LogP contribution in [0.5, 0.6) is 0 Å². The average Bonchev–Trinajstić information content (AvgIpc) is 3.04. The van der Waals surface area contributed by atoms with Crippen molar-refractivity contribution in [1.82, 2.24) is 0 Å². The van der Waals surface area contributed by atoms with E-state index in [1.54, 1.807) is 12.1 Å². The molecule has 0 saturated carbocycles. The molecule has 230 valence electrons. The summed E-state index contributed by atoms with van der Waals surface area (Å²) in [6.07, 6.45) is 6.30. The lowest BCUT2D eigenvalue weighted by molar-refractivity contribution is -0.539. The molecular weight excluding hydrogens is 577 g/mol. The summed E-state index contributed by atoms with van der Waals surface area (Å²) in [7, 11) is -4.47. The first kappa shape index (κ1) is 31.9. The summed E-state index contributed by atoms with van der Waals surface area (Å²) in [4.78, 5) is 2.23. The summed E-state index contributed by atoms with van der Waals surface area (Å²) in [5.41, 5.74) is 9.87. The van der Waals surface area contributed by atoms with E-state index in [9.17, 15) is 13.0 Å². The summed E-state index contributed by atoms with van der Waals surface area (Å²) in [5.74, 6) is 0. The Kier molecular flexibility index (Phi) is 9.96. The van der Waals surface area contributed by atoms with Crippen molar-refractivity contribution in [3.63, 3.8) is 0 Å². The van der Waals surface area contributed by atoms with Gasteiger partial charge in [0.2, 0.25) is 5.71 Å². The molecule has 4 aromatic rings. The van der Waals surface area contributed by atoms with E-state index in [1.807, 2.05) is 18.2 Å². The maximum absolute atomic E-state index is 12.6. The topological polar surface area (TPSA) is 60.6 Å². The highest BCUT2D eigenvalue weighted by Crippen LogP contribution is 2.36. The van der Waals surface area contributed by atoms with Gasteiger partial charge in [-0.2, -0.15) is 8.42 Å². The first-order valence-corrected chi connectivity index (χ1v) is 16.9. The van der Waals surface area contributed by atoms with Crippen LogP contribution in [0.2, 0.25) is 0 Å². The van der Waals surface area contributed by atoms with E-state index in [-0.39, 0.29) is 4.90 Å². The molecule has 0 heterocycles. The fourth-order valence-electron chi connectivity index (χ4n) is 6.05. The zero-order chi connectivity index (χ0) is 32.0. The maximum atomic E-state index is 12.6. The Balaban J connectivity index is 1.63. The second-order valence-corrected chi connectivity index (χ2v) is 12.7. The summed E-state index contributed by atoms with van der Waals surface area (Å²) in [5, 5.41) is 0. The van der Waals surface area contributed by atoms with Crippen molar-refractivity contribution in [3.05, 3.63) is 160 Å². The van der Waals surface area contributed by atoms with Gasteiger partial charge in [-0.3, -0.25) is 4.55 Å². The van der Waals surface area contributed by atoms with E-state index >= 15 is 0 Å². The lowest BCUT2D eigenvalue weighted by Crippen LogP contribution is -2.23. The first-order valence-electron chi connectivity index (χ1n) is 15.4. The van der Waals surface area contributed by atoms with E-state index in [1.165, 1.54) is 17.2 Å². The van der Waals surface area contributed by atoms with Gasteiger partial charge in [0.05, 0.1) is 0 Å². The van der Waals surface area contributed by atoms with E-state index in [0.29, 0.717) is 5.56 Å². The minimum atomic E-state index is -4.47. The standard InChI is InChI=1S/C39H40N2O3S/c1-5-40(27-31-15-9-7-10-16-31)36-23-21-33(25-29(36)3)39(35-19-13-14-20-38(35)45(42,43)44)34-22-24-37(30(4)26-34)41(6-2)28-32-17-11-8-12-18-32/h7-26H,5-6,27-28H2,1-4H3/p+1. The molecule has 0 saturated heterocycles. The Morgan fingerprint density at radius 2 is 1.44 bits per heavy atom. The van der Waals surface area contributed by atoms with Crippen LogP contribution in [0.1, 0.15) is 48.6 Å². The lowest BCUT2D eigenvalue weighted by atomic mass is 9.88. The van der Waals surface area contributed by atoms with Gasteiger partial charge in [-0.1, -0.05) is 84.9 Å². The molecule has 1 aliphatic rings. The van der Waals surface area contributed by atoms with Gasteiger partial charge in [0, 0.05) is 41.6 Å². The van der Waals surface area contributed by atoms with Gasteiger partial charge >= 0.3 is 0 Å². The molecule has 0 unspecified atom stereocenters. The third-order valence-electron chi connectivity index (χ3n) is 8.28. The van der Waals surface area contributed by atoms with E-state index in [0.717, 1.165) is 65.4 Å². The van der Waals surface area contributed by atoms with Crippen LogP contribution in [-0.2, 0) is 23.2 Å². The second kappa shape index (κ2) is 14.1. The van der Waals surface area contributed by atoms with Gasteiger partial charge < -0.3 is 4.90 Å². The van der Waals surface area contributed by atoms with Crippen molar-refractivity contribution in [2.24, 2.45) is 0 Å². The van der Waals surface area contributed by atoms with Crippen molar-refractivity contribution in [1.29, 1.82) is 0 Å². The van der Waals surface area contributed by atoms with Crippen LogP contribution in [0, 0.1) is 6.92 Å². The predicted octanol–water partition coefficient (Wildman–Crippen LogP) is 8.26. The van der Waals surface area contributed by atoms with Crippen molar-refractivity contribution in [3.8, 4) is 0 Å². The van der Waals surface area contributed by atoms with Gasteiger partial charge in [-0.15, -0.1) is 0 Å². The average molecular weight is 618 g/mol. The molecule has 45 heavy (non-hydrogen) atoms. The van der Waals surface area contributed by atoms with Gasteiger partial charge in [0.25, 0.3) is 10.1 Å². The number of nitrogens with zero attached hydrogens (tertiary/aromatic N) is 2. The Hall–Kier alpha value is -4.52. The van der Waals surface area contributed by atoms with Crippen LogP contribution in [0.25, 0.3) is 5.57 Å². The van der Waals surface area contributed by atoms with Gasteiger partial charge in [0.1, 0.15) is 11.4 Å². The van der Waals surface area contributed by atoms with E-state index < -0.39 is 10.1 Å². The van der Waals surface area contributed by atoms with Crippen molar-refractivity contribution in [2.75, 3.05) is 18.0 Å². The molecule has 1 N–H and O–H groups in total. The molecular formula is C39H41N2O3S+. The van der Waals surface area contributed by atoms with Crippen LogP contribution in [-0.4, -0.2) is 36.3 Å². The smallest absolute Gasteiger partial charge is 0.295 e.